The van der Waals surface area contributed by atoms with Gasteiger partial charge in [-0.2, -0.15) is 9.78 Å². The molecular weight excluding hydrogens is 400 g/mol. The number of thiazole rings is 1. The summed E-state index contributed by atoms with van der Waals surface area (Å²) in [4.78, 5) is 17.8. The fourth-order valence-electron chi connectivity index (χ4n) is 3.97. The van der Waals surface area contributed by atoms with E-state index in [1.807, 2.05) is 24.3 Å². The first-order chi connectivity index (χ1) is 14.8. The number of nitrogens with one attached hydrogen (secondary N) is 1. The number of amides is 1. The topological polar surface area (TPSA) is 78.3 Å². The molecule has 4 aromatic rings. The maximum absolute atomic E-state index is 13.1. The van der Waals surface area contributed by atoms with Crippen molar-refractivity contribution in [2.24, 2.45) is 0 Å². The highest BCUT2D eigenvalue weighted by Crippen LogP contribution is 2.35. The summed E-state index contributed by atoms with van der Waals surface area (Å²) in [5.41, 5.74) is 3.58. The molecule has 150 valence electrons. The van der Waals surface area contributed by atoms with Gasteiger partial charge in [0.15, 0.2) is 11.5 Å². The minimum atomic E-state index is -0.205. The van der Waals surface area contributed by atoms with Crippen molar-refractivity contribution >= 4 is 33.3 Å². The van der Waals surface area contributed by atoms with Crippen molar-refractivity contribution in [2.45, 2.75) is 19.3 Å². The van der Waals surface area contributed by atoms with E-state index in [1.54, 1.807) is 34.2 Å². The van der Waals surface area contributed by atoms with Gasteiger partial charge in [0.1, 0.15) is 19.0 Å². The van der Waals surface area contributed by atoms with Gasteiger partial charge >= 0.3 is 0 Å². The molecule has 7 nitrogen and oxygen atoms in total. The predicted octanol–water partition coefficient (Wildman–Crippen LogP) is 3.99. The lowest BCUT2D eigenvalue weighted by atomic mass is 10.1. The molecule has 1 aliphatic carbocycles. The largest absolute Gasteiger partial charge is 0.486 e. The first-order valence-electron chi connectivity index (χ1n) is 9.94. The Kier molecular flexibility index (Phi) is 3.98. The van der Waals surface area contributed by atoms with Crippen molar-refractivity contribution in [1.29, 1.82) is 0 Å². The molecule has 3 heterocycles. The zero-order chi connectivity index (χ0) is 20.1. The van der Waals surface area contributed by atoms with Crippen molar-refractivity contribution in [3.05, 3.63) is 59.3 Å². The van der Waals surface area contributed by atoms with Crippen LogP contribution in [-0.2, 0) is 12.8 Å². The smallest absolute Gasteiger partial charge is 0.256 e. The molecule has 1 aliphatic heterocycles. The van der Waals surface area contributed by atoms with Gasteiger partial charge in [0, 0.05) is 11.1 Å². The molecule has 1 N–H and O–H groups in total. The molecule has 6 rings (SSSR count). The molecule has 0 bridgehead atoms. The number of aromatic nitrogens is 3. The lowest BCUT2D eigenvalue weighted by Gasteiger charge is -2.18. The lowest BCUT2D eigenvalue weighted by molar-refractivity contribution is 0.102. The van der Waals surface area contributed by atoms with Gasteiger partial charge in [-0.3, -0.25) is 4.79 Å². The number of nitrogens with zero attached hydrogens (tertiary/aromatic N) is 3. The lowest BCUT2D eigenvalue weighted by Crippen LogP contribution is -2.18. The van der Waals surface area contributed by atoms with Crippen LogP contribution in [0.2, 0.25) is 0 Å². The van der Waals surface area contributed by atoms with Crippen LogP contribution in [0.15, 0.2) is 42.5 Å². The fourth-order valence-corrected chi connectivity index (χ4v) is 4.90. The van der Waals surface area contributed by atoms with Crippen LogP contribution in [0.5, 0.6) is 11.5 Å². The quantitative estimate of drug-likeness (QED) is 0.544. The average molecular weight is 418 g/mol. The van der Waals surface area contributed by atoms with E-state index in [4.69, 9.17) is 19.6 Å². The van der Waals surface area contributed by atoms with Crippen LogP contribution in [0.4, 0.5) is 5.82 Å². The van der Waals surface area contributed by atoms with Gasteiger partial charge in [0.25, 0.3) is 5.91 Å². The molecule has 2 aromatic heterocycles. The number of fused-ring (bicyclic) bond motifs is 3. The Hall–Kier alpha value is -3.39. The Bertz CT molecular complexity index is 1260. The number of carbonyl (C=O) groups is 1. The monoisotopic (exact) mass is 418 g/mol. The third-order valence-corrected chi connectivity index (χ3v) is 6.42. The van der Waals surface area contributed by atoms with Crippen molar-refractivity contribution in [3.8, 4) is 16.6 Å². The van der Waals surface area contributed by atoms with Crippen LogP contribution in [0.25, 0.3) is 15.3 Å². The van der Waals surface area contributed by atoms with Crippen LogP contribution in [0.1, 0.15) is 28.0 Å². The van der Waals surface area contributed by atoms with Gasteiger partial charge in [-0.15, -0.1) is 0 Å². The van der Waals surface area contributed by atoms with Crippen LogP contribution >= 0.6 is 11.3 Å². The Labute approximate surface area is 176 Å². The molecule has 0 saturated heterocycles. The second kappa shape index (κ2) is 6.84. The third kappa shape index (κ3) is 2.83. The first kappa shape index (κ1) is 17.5. The second-order valence-corrected chi connectivity index (χ2v) is 8.33. The van der Waals surface area contributed by atoms with Crippen LogP contribution in [0.3, 0.4) is 0 Å². The number of hydrogen-bond acceptors (Lipinski definition) is 6. The van der Waals surface area contributed by atoms with E-state index in [1.165, 1.54) is 0 Å². The molecule has 0 unspecified atom stereocenters. The number of para-hydroxylation sites is 1. The zero-order valence-corrected chi connectivity index (χ0v) is 16.9. The van der Waals surface area contributed by atoms with Crippen LogP contribution in [-0.4, -0.2) is 33.9 Å². The number of rotatable bonds is 3. The third-order valence-electron chi connectivity index (χ3n) is 5.41. The maximum atomic E-state index is 13.1. The summed E-state index contributed by atoms with van der Waals surface area (Å²) in [7, 11) is 0. The van der Waals surface area contributed by atoms with E-state index in [-0.39, 0.29) is 5.91 Å². The van der Waals surface area contributed by atoms with Gasteiger partial charge in [-0.1, -0.05) is 23.5 Å². The number of ether oxygens (including phenoxy) is 2. The van der Waals surface area contributed by atoms with E-state index in [9.17, 15) is 4.79 Å². The molecule has 2 aromatic carbocycles. The van der Waals surface area contributed by atoms with E-state index >= 15 is 0 Å². The SMILES string of the molecule is O=C(Nc1c2c(nn1-c1nc3ccccc3s1)CCC2)c1ccc2c(c1)OCCO2. The summed E-state index contributed by atoms with van der Waals surface area (Å²) in [5, 5.41) is 8.62. The van der Waals surface area contributed by atoms with E-state index < -0.39 is 0 Å². The van der Waals surface area contributed by atoms with Crippen molar-refractivity contribution in [1.82, 2.24) is 14.8 Å². The summed E-state index contributed by atoms with van der Waals surface area (Å²) in [6, 6.07) is 13.3. The van der Waals surface area contributed by atoms with E-state index in [0.717, 1.165) is 45.9 Å². The van der Waals surface area contributed by atoms with Crippen LogP contribution < -0.4 is 14.8 Å². The van der Waals surface area contributed by atoms with Crippen molar-refractivity contribution < 1.29 is 14.3 Å². The second-order valence-electron chi connectivity index (χ2n) is 7.32. The number of benzene rings is 2. The van der Waals surface area contributed by atoms with E-state index in [2.05, 4.69) is 5.32 Å². The van der Waals surface area contributed by atoms with Crippen molar-refractivity contribution in [3.63, 3.8) is 0 Å². The molecule has 30 heavy (non-hydrogen) atoms. The highest BCUT2D eigenvalue weighted by molar-refractivity contribution is 7.20. The fraction of sp³-hybridized carbons (Fsp3) is 0.227. The normalized spacial score (nSPS) is 14.7. The van der Waals surface area contributed by atoms with Gasteiger partial charge in [0.05, 0.1) is 15.9 Å². The Morgan fingerprint density at radius 2 is 1.93 bits per heavy atom. The van der Waals surface area contributed by atoms with E-state index in [0.29, 0.717) is 36.1 Å². The number of hydrogen-bond donors (Lipinski definition) is 1. The highest BCUT2D eigenvalue weighted by atomic mass is 32.1. The van der Waals surface area contributed by atoms with Gasteiger partial charge < -0.3 is 14.8 Å². The number of anilines is 1. The van der Waals surface area contributed by atoms with Crippen molar-refractivity contribution in [2.75, 3.05) is 18.5 Å². The van der Waals surface area contributed by atoms with Gasteiger partial charge in [-0.05, 0) is 49.6 Å². The van der Waals surface area contributed by atoms with Crippen LogP contribution in [0, 0.1) is 0 Å². The molecule has 0 fully saturated rings. The first-order valence-corrected chi connectivity index (χ1v) is 10.8. The summed E-state index contributed by atoms with van der Waals surface area (Å²) in [6.07, 6.45) is 2.86. The zero-order valence-electron chi connectivity index (χ0n) is 16.1. The summed E-state index contributed by atoms with van der Waals surface area (Å²) in [5.74, 6) is 1.77. The molecule has 1 amide bonds. The maximum Gasteiger partial charge on any atom is 0.256 e. The average Bonchev–Trinajstić information content (AvgIpc) is 3.48. The number of carbonyl (C=O) groups excluding carboxylic acids is 1. The summed E-state index contributed by atoms with van der Waals surface area (Å²) < 4.78 is 14.0. The molecule has 2 aliphatic rings. The van der Waals surface area contributed by atoms with Gasteiger partial charge in [0.2, 0.25) is 5.13 Å². The molecule has 8 heteroatoms. The Morgan fingerprint density at radius 1 is 1.07 bits per heavy atom. The standard InChI is InChI=1S/C22H18N4O3S/c27-21(13-8-9-17-18(12-13)29-11-10-28-17)24-20-14-4-3-6-15(14)25-26(20)22-23-16-5-1-2-7-19(16)30-22/h1-2,5,7-9,12H,3-4,6,10-11H2,(H,24,27). The minimum absolute atomic E-state index is 0.205. The molecule has 0 atom stereocenters. The minimum Gasteiger partial charge on any atom is -0.486 e. The molecular formula is C22H18N4O3S. The molecule has 0 spiro atoms. The molecule has 0 saturated carbocycles. The Morgan fingerprint density at radius 3 is 2.83 bits per heavy atom. The predicted molar refractivity (Wildman–Crippen MR) is 114 cm³/mol. The Balaban J connectivity index is 1.38. The highest BCUT2D eigenvalue weighted by Gasteiger charge is 2.26. The number of aryl methyl sites for hydroxylation is 1. The van der Waals surface area contributed by atoms with Gasteiger partial charge in [-0.25, -0.2) is 4.98 Å². The summed E-state index contributed by atoms with van der Waals surface area (Å²) >= 11 is 1.56. The molecule has 0 radical (unpaired) electrons. The summed E-state index contributed by atoms with van der Waals surface area (Å²) in [6.45, 7) is 1.00.